The van der Waals surface area contributed by atoms with Gasteiger partial charge in [-0.15, -0.1) is 0 Å². The van der Waals surface area contributed by atoms with Crippen molar-refractivity contribution in [1.29, 1.82) is 0 Å². The van der Waals surface area contributed by atoms with Crippen LogP contribution < -0.4 is 5.73 Å². The van der Waals surface area contributed by atoms with Crippen LogP contribution in [0.4, 0.5) is 0 Å². The van der Waals surface area contributed by atoms with E-state index in [1.165, 1.54) is 25.7 Å². The Morgan fingerprint density at radius 3 is 2.38 bits per heavy atom. The lowest BCUT2D eigenvalue weighted by Gasteiger charge is -2.29. The van der Waals surface area contributed by atoms with Gasteiger partial charge in [-0.25, -0.2) is 0 Å². The highest BCUT2D eigenvalue weighted by atomic mass is 16.5. The third kappa shape index (κ3) is 3.65. The molecule has 1 aliphatic rings. The predicted molar refractivity (Wildman–Crippen MR) is 55.6 cm³/mol. The molecule has 0 heterocycles. The van der Waals surface area contributed by atoms with E-state index in [1.54, 1.807) is 0 Å². The highest BCUT2D eigenvalue weighted by molar-refractivity contribution is 4.71. The van der Waals surface area contributed by atoms with Crippen molar-refractivity contribution in [3.05, 3.63) is 0 Å². The molecule has 0 aromatic carbocycles. The largest absolute Gasteiger partial charge is 0.374 e. The molecule has 0 aromatic rings. The lowest BCUT2D eigenvalue weighted by molar-refractivity contribution is -0.0323. The molecule has 2 nitrogen and oxygen atoms in total. The average molecular weight is 185 g/mol. The Labute approximate surface area is 81.8 Å². The molecule has 1 aliphatic carbocycles. The van der Waals surface area contributed by atoms with Crippen molar-refractivity contribution in [2.45, 2.75) is 58.2 Å². The summed E-state index contributed by atoms with van der Waals surface area (Å²) in [6, 6.07) is 0. The fourth-order valence-corrected chi connectivity index (χ4v) is 1.96. The topological polar surface area (TPSA) is 35.2 Å². The highest BCUT2D eigenvalue weighted by Crippen LogP contribution is 2.26. The molecule has 0 amide bonds. The van der Waals surface area contributed by atoms with E-state index >= 15 is 0 Å². The molecule has 1 fully saturated rings. The van der Waals surface area contributed by atoms with Crippen LogP contribution in [0, 0.1) is 5.92 Å². The maximum atomic E-state index is 5.91. The zero-order valence-electron chi connectivity index (χ0n) is 8.96. The molecule has 2 heteroatoms. The van der Waals surface area contributed by atoms with Gasteiger partial charge < -0.3 is 10.5 Å². The zero-order chi connectivity index (χ0) is 9.68. The van der Waals surface area contributed by atoms with Crippen molar-refractivity contribution in [2.24, 2.45) is 11.7 Å². The maximum Gasteiger partial charge on any atom is 0.0698 e. The predicted octanol–water partition coefficient (Wildman–Crippen LogP) is 2.32. The molecule has 78 valence electrons. The summed E-state index contributed by atoms with van der Waals surface area (Å²) in [7, 11) is 0. The first-order valence-corrected chi connectivity index (χ1v) is 5.61. The standard InChI is InChI=1S/C11H23NO/c1-3-10(8-12)13-11-6-4-9(2)5-7-11/h9-11H,3-8,12H2,1-2H3. The van der Waals surface area contributed by atoms with Gasteiger partial charge in [-0.3, -0.25) is 0 Å². The van der Waals surface area contributed by atoms with Gasteiger partial charge in [0.2, 0.25) is 0 Å². The van der Waals surface area contributed by atoms with Crippen LogP contribution in [0.1, 0.15) is 46.0 Å². The second-order valence-electron chi connectivity index (χ2n) is 4.28. The molecule has 0 bridgehead atoms. The summed E-state index contributed by atoms with van der Waals surface area (Å²) in [6.07, 6.45) is 6.94. The van der Waals surface area contributed by atoms with Crippen LogP contribution in [-0.2, 0) is 4.74 Å². The van der Waals surface area contributed by atoms with Gasteiger partial charge in [0.25, 0.3) is 0 Å². The normalized spacial score (nSPS) is 31.6. The Hall–Kier alpha value is -0.0800. The first-order chi connectivity index (χ1) is 6.26. The number of hydrogen-bond donors (Lipinski definition) is 1. The summed E-state index contributed by atoms with van der Waals surface area (Å²) in [5.74, 6) is 0.901. The van der Waals surface area contributed by atoms with Gasteiger partial charge in [-0.05, 0) is 38.0 Å². The van der Waals surface area contributed by atoms with E-state index in [-0.39, 0.29) is 0 Å². The monoisotopic (exact) mass is 185 g/mol. The quantitative estimate of drug-likeness (QED) is 0.729. The minimum Gasteiger partial charge on any atom is -0.374 e. The molecule has 0 aromatic heterocycles. The van der Waals surface area contributed by atoms with E-state index in [0.717, 1.165) is 12.3 Å². The molecule has 0 spiro atoms. The van der Waals surface area contributed by atoms with Crippen molar-refractivity contribution < 1.29 is 4.74 Å². The van der Waals surface area contributed by atoms with Gasteiger partial charge in [0.05, 0.1) is 12.2 Å². The van der Waals surface area contributed by atoms with E-state index in [2.05, 4.69) is 13.8 Å². The molecule has 2 N–H and O–H groups in total. The molecule has 13 heavy (non-hydrogen) atoms. The highest BCUT2D eigenvalue weighted by Gasteiger charge is 2.20. The van der Waals surface area contributed by atoms with Crippen molar-refractivity contribution in [3.8, 4) is 0 Å². The van der Waals surface area contributed by atoms with Crippen LogP contribution in [0.5, 0.6) is 0 Å². The molecule has 1 rings (SSSR count). The first-order valence-electron chi connectivity index (χ1n) is 5.61. The van der Waals surface area contributed by atoms with Crippen molar-refractivity contribution in [2.75, 3.05) is 6.54 Å². The average Bonchev–Trinajstić information content (AvgIpc) is 2.17. The number of rotatable bonds is 4. The lowest BCUT2D eigenvalue weighted by atomic mass is 9.89. The van der Waals surface area contributed by atoms with Gasteiger partial charge in [0.15, 0.2) is 0 Å². The molecular formula is C11H23NO. The Morgan fingerprint density at radius 1 is 1.31 bits per heavy atom. The summed E-state index contributed by atoms with van der Waals surface area (Å²) < 4.78 is 5.91. The molecule has 1 unspecified atom stereocenters. The van der Waals surface area contributed by atoms with Crippen LogP contribution in [-0.4, -0.2) is 18.8 Å². The third-order valence-corrected chi connectivity index (χ3v) is 3.07. The van der Waals surface area contributed by atoms with Crippen LogP contribution in [0.3, 0.4) is 0 Å². The Kier molecular flexibility index (Phi) is 4.74. The van der Waals surface area contributed by atoms with Crippen LogP contribution >= 0.6 is 0 Å². The Bertz CT molecular complexity index is 126. The molecule has 1 saturated carbocycles. The van der Waals surface area contributed by atoms with E-state index < -0.39 is 0 Å². The summed E-state index contributed by atoms with van der Waals surface area (Å²) >= 11 is 0. The second-order valence-corrected chi connectivity index (χ2v) is 4.28. The van der Waals surface area contributed by atoms with E-state index in [4.69, 9.17) is 10.5 Å². The summed E-state index contributed by atoms with van der Waals surface area (Å²) in [6.45, 7) is 5.14. The van der Waals surface area contributed by atoms with Crippen molar-refractivity contribution in [1.82, 2.24) is 0 Å². The molecule has 0 radical (unpaired) electrons. The molecule has 1 atom stereocenters. The van der Waals surface area contributed by atoms with E-state index in [1.807, 2.05) is 0 Å². The Morgan fingerprint density at radius 2 is 1.92 bits per heavy atom. The van der Waals surface area contributed by atoms with Crippen molar-refractivity contribution in [3.63, 3.8) is 0 Å². The molecular weight excluding hydrogens is 162 g/mol. The minimum absolute atomic E-state index is 0.290. The van der Waals surface area contributed by atoms with E-state index in [0.29, 0.717) is 18.8 Å². The summed E-state index contributed by atoms with van der Waals surface area (Å²) in [5, 5.41) is 0. The van der Waals surface area contributed by atoms with Crippen LogP contribution in [0.25, 0.3) is 0 Å². The SMILES string of the molecule is CCC(CN)OC1CCC(C)CC1. The third-order valence-electron chi connectivity index (χ3n) is 3.07. The van der Waals surface area contributed by atoms with Crippen LogP contribution in [0.2, 0.25) is 0 Å². The number of nitrogens with two attached hydrogens (primary N) is 1. The fourth-order valence-electron chi connectivity index (χ4n) is 1.96. The minimum atomic E-state index is 0.290. The fraction of sp³-hybridized carbons (Fsp3) is 1.00. The summed E-state index contributed by atoms with van der Waals surface area (Å²) in [4.78, 5) is 0. The van der Waals surface area contributed by atoms with Gasteiger partial charge >= 0.3 is 0 Å². The van der Waals surface area contributed by atoms with Gasteiger partial charge in [0, 0.05) is 6.54 Å². The molecule has 0 aliphatic heterocycles. The van der Waals surface area contributed by atoms with Gasteiger partial charge in [-0.1, -0.05) is 13.8 Å². The lowest BCUT2D eigenvalue weighted by Crippen LogP contribution is -2.30. The van der Waals surface area contributed by atoms with E-state index in [9.17, 15) is 0 Å². The van der Waals surface area contributed by atoms with Crippen LogP contribution in [0.15, 0.2) is 0 Å². The Balaban J connectivity index is 2.21. The number of hydrogen-bond acceptors (Lipinski definition) is 2. The van der Waals surface area contributed by atoms with Gasteiger partial charge in [-0.2, -0.15) is 0 Å². The first kappa shape index (κ1) is 11.0. The molecule has 0 saturated heterocycles. The van der Waals surface area contributed by atoms with Crippen molar-refractivity contribution >= 4 is 0 Å². The van der Waals surface area contributed by atoms with Gasteiger partial charge in [0.1, 0.15) is 0 Å². The zero-order valence-corrected chi connectivity index (χ0v) is 8.96. The number of ether oxygens (including phenoxy) is 1. The maximum absolute atomic E-state index is 5.91. The summed E-state index contributed by atoms with van der Waals surface area (Å²) in [5.41, 5.74) is 5.60. The smallest absolute Gasteiger partial charge is 0.0698 e. The second kappa shape index (κ2) is 5.61.